The van der Waals surface area contributed by atoms with Crippen molar-refractivity contribution < 1.29 is 4.79 Å². The van der Waals surface area contributed by atoms with E-state index in [0.717, 1.165) is 22.8 Å². The molecule has 1 aliphatic heterocycles. The van der Waals surface area contributed by atoms with Gasteiger partial charge in [0.2, 0.25) is 0 Å². The van der Waals surface area contributed by atoms with E-state index in [0.29, 0.717) is 6.42 Å². The maximum atomic E-state index is 12.8. The van der Waals surface area contributed by atoms with Crippen molar-refractivity contribution in [2.75, 3.05) is 5.01 Å². The number of rotatable bonds is 4. The molecule has 1 unspecified atom stereocenters. The molecule has 1 aliphatic rings. The minimum Gasteiger partial charge on any atom is -0.348 e. The number of imidazole rings is 1. The summed E-state index contributed by atoms with van der Waals surface area (Å²) in [5, 5.41) is 6.12. The van der Waals surface area contributed by atoms with Crippen molar-refractivity contribution in [1.29, 1.82) is 0 Å². The Labute approximate surface area is 130 Å². The van der Waals surface area contributed by atoms with Crippen LogP contribution in [0.1, 0.15) is 25.2 Å². The van der Waals surface area contributed by atoms with E-state index in [9.17, 15) is 4.79 Å². The van der Waals surface area contributed by atoms with Crippen LogP contribution in [-0.4, -0.2) is 21.6 Å². The zero-order valence-corrected chi connectivity index (χ0v) is 13.1. The first kappa shape index (κ1) is 14.5. The Morgan fingerprint density at radius 1 is 1.27 bits per heavy atom. The van der Waals surface area contributed by atoms with Crippen LogP contribution in [0.2, 0.25) is 0 Å². The van der Waals surface area contributed by atoms with Crippen LogP contribution in [0, 0.1) is 18.8 Å². The minimum atomic E-state index is -0.189. The number of amides is 1. The topological polar surface area (TPSA) is 61.4 Å². The number of aromatic amines is 1. The highest BCUT2D eigenvalue weighted by Crippen LogP contribution is 2.29. The number of hydrogen-bond donors (Lipinski definition) is 1. The molecule has 1 atom stereocenters. The summed E-state index contributed by atoms with van der Waals surface area (Å²) in [4.78, 5) is 20.1. The molecule has 0 fully saturated rings. The molecule has 0 bridgehead atoms. The SMILES string of the molecule is Cc1ccc(N2N=C(Cc3ncc[nH]3)C(C(C)C)C2=O)cc1. The number of carbonyl (C=O) groups is 1. The lowest BCUT2D eigenvalue weighted by atomic mass is 9.89. The van der Waals surface area contributed by atoms with E-state index < -0.39 is 0 Å². The molecule has 2 aromatic rings. The number of nitrogens with zero attached hydrogens (tertiary/aromatic N) is 3. The smallest absolute Gasteiger partial charge is 0.256 e. The number of aryl methyl sites for hydroxylation is 1. The van der Waals surface area contributed by atoms with Crippen LogP contribution in [-0.2, 0) is 11.2 Å². The van der Waals surface area contributed by atoms with E-state index in [1.54, 1.807) is 12.4 Å². The van der Waals surface area contributed by atoms with Crippen LogP contribution in [0.15, 0.2) is 41.8 Å². The number of anilines is 1. The van der Waals surface area contributed by atoms with Gasteiger partial charge in [0.25, 0.3) is 5.91 Å². The average molecular weight is 296 g/mol. The molecule has 114 valence electrons. The summed E-state index contributed by atoms with van der Waals surface area (Å²) in [6.45, 7) is 6.13. The normalized spacial score (nSPS) is 18.2. The summed E-state index contributed by atoms with van der Waals surface area (Å²) in [7, 11) is 0. The third-order valence-electron chi connectivity index (χ3n) is 3.91. The number of nitrogens with one attached hydrogen (secondary N) is 1. The second-order valence-electron chi connectivity index (χ2n) is 6.01. The molecule has 0 spiro atoms. The maximum absolute atomic E-state index is 12.8. The predicted molar refractivity (Wildman–Crippen MR) is 86.7 cm³/mol. The highest BCUT2D eigenvalue weighted by atomic mass is 16.2. The Balaban J connectivity index is 1.92. The third-order valence-corrected chi connectivity index (χ3v) is 3.91. The highest BCUT2D eigenvalue weighted by Gasteiger charge is 2.38. The molecule has 3 rings (SSSR count). The van der Waals surface area contributed by atoms with Gasteiger partial charge in [0.15, 0.2) is 0 Å². The van der Waals surface area contributed by atoms with E-state index in [1.165, 1.54) is 5.01 Å². The molecule has 1 aromatic carbocycles. The first-order valence-corrected chi connectivity index (χ1v) is 7.52. The van der Waals surface area contributed by atoms with E-state index in [2.05, 4.69) is 28.9 Å². The number of hydrogen-bond acceptors (Lipinski definition) is 3. The molecule has 0 saturated carbocycles. The first-order chi connectivity index (χ1) is 10.6. The first-order valence-electron chi connectivity index (χ1n) is 7.52. The minimum absolute atomic E-state index is 0.0420. The van der Waals surface area contributed by atoms with Crippen molar-refractivity contribution in [3.8, 4) is 0 Å². The standard InChI is InChI=1S/C17H20N4O/c1-11(2)16-14(10-15-18-8-9-19-15)20-21(17(16)22)13-6-4-12(3)5-7-13/h4-9,11,16H,10H2,1-3H3,(H,18,19). The highest BCUT2D eigenvalue weighted by molar-refractivity contribution is 6.16. The molecule has 5 heteroatoms. The molecule has 1 aromatic heterocycles. The van der Waals surface area contributed by atoms with Gasteiger partial charge in [0.05, 0.1) is 17.3 Å². The van der Waals surface area contributed by atoms with E-state index in [4.69, 9.17) is 0 Å². The Bertz CT molecular complexity index is 686. The molecule has 22 heavy (non-hydrogen) atoms. The summed E-state index contributed by atoms with van der Waals surface area (Å²) < 4.78 is 0. The lowest BCUT2D eigenvalue weighted by Gasteiger charge is -2.17. The number of hydrazone groups is 1. The van der Waals surface area contributed by atoms with Gasteiger partial charge in [-0.2, -0.15) is 5.10 Å². The van der Waals surface area contributed by atoms with Gasteiger partial charge in [-0.15, -0.1) is 0 Å². The van der Waals surface area contributed by atoms with Gasteiger partial charge in [0.1, 0.15) is 5.82 Å². The second-order valence-corrected chi connectivity index (χ2v) is 6.01. The van der Waals surface area contributed by atoms with Crippen molar-refractivity contribution in [3.05, 3.63) is 48.0 Å². The number of H-pyrrole nitrogens is 1. The van der Waals surface area contributed by atoms with Crippen molar-refractivity contribution in [1.82, 2.24) is 9.97 Å². The Kier molecular flexibility index (Phi) is 3.79. The van der Waals surface area contributed by atoms with Gasteiger partial charge in [-0.1, -0.05) is 31.5 Å². The molecule has 0 saturated heterocycles. The molecule has 0 aliphatic carbocycles. The number of aromatic nitrogens is 2. The lowest BCUT2D eigenvalue weighted by molar-refractivity contribution is -0.120. The third kappa shape index (κ3) is 2.66. The van der Waals surface area contributed by atoms with Crippen LogP contribution in [0.5, 0.6) is 0 Å². The molecule has 1 amide bonds. The molecular formula is C17H20N4O. The fraction of sp³-hybridized carbons (Fsp3) is 0.353. The second kappa shape index (κ2) is 5.75. The predicted octanol–water partition coefficient (Wildman–Crippen LogP) is 2.94. The Morgan fingerprint density at radius 2 is 2.00 bits per heavy atom. The lowest BCUT2D eigenvalue weighted by Crippen LogP contribution is -2.31. The van der Waals surface area contributed by atoms with Crippen LogP contribution in [0.25, 0.3) is 0 Å². The van der Waals surface area contributed by atoms with Gasteiger partial charge < -0.3 is 4.98 Å². The van der Waals surface area contributed by atoms with Gasteiger partial charge in [0, 0.05) is 18.8 Å². The maximum Gasteiger partial charge on any atom is 0.256 e. The van der Waals surface area contributed by atoms with E-state index in [-0.39, 0.29) is 17.7 Å². The molecule has 2 heterocycles. The van der Waals surface area contributed by atoms with Crippen LogP contribution >= 0.6 is 0 Å². The summed E-state index contributed by atoms with van der Waals surface area (Å²) in [5.41, 5.74) is 2.85. The van der Waals surface area contributed by atoms with Gasteiger partial charge >= 0.3 is 0 Å². The summed E-state index contributed by atoms with van der Waals surface area (Å²) in [6, 6.07) is 7.86. The van der Waals surface area contributed by atoms with E-state index in [1.807, 2.05) is 31.2 Å². The average Bonchev–Trinajstić information content (AvgIpc) is 3.08. The van der Waals surface area contributed by atoms with Gasteiger partial charge in [-0.3, -0.25) is 4.79 Å². The van der Waals surface area contributed by atoms with Crippen molar-refractivity contribution in [2.24, 2.45) is 16.9 Å². The zero-order valence-electron chi connectivity index (χ0n) is 13.1. The zero-order chi connectivity index (χ0) is 15.7. The van der Waals surface area contributed by atoms with E-state index >= 15 is 0 Å². The van der Waals surface area contributed by atoms with Crippen LogP contribution in [0.4, 0.5) is 5.69 Å². The molecule has 5 nitrogen and oxygen atoms in total. The summed E-state index contributed by atoms with van der Waals surface area (Å²) >= 11 is 0. The van der Waals surface area contributed by atoms with Crippen LogP contribution in [0.3, 0.4) is 0 Å². The van der Waals surface area contributed by atoms with Crippen molar-refractivity contribution >= 4 is 17.3 Å². The quantitative estimate of drug-likeness (QED) is 0.943. The fourth-order valence-electron chi connectivity index (χ4n) is 2.77. The van der Waals surface area contributed by atoms with Crippen LogP contribution < -0.4 is 5.01 Å². The van der Waals surface area contributed by atoms with Gasteiger partial charge in [-0.25, -0.2) is 9.99 Å². The number of carbonyl (C=O) groups excluding carboxylic acids is 1. The molecule has 1 N–H and O–H groups in total. The van der Waals surface area contributed by atoms with Crippen molar-refractivity contribution in [2.45, 2.75) is 27.2 Å². The summed E-state index contributed by atoms with van der Waals surface area (Å²) in [6.07, 6.45) is 4.08. The molecule has 0 radical (unpaired) electrons. The number of benzene rings is 1. The fourth-order valence-corrected chi connectivity index (χ4v) is 2.77. The Hall–Kier alpha value is -2.43. The Morgan fingerprint density at radius 3 is 2.59 bits per heavy atom. The monoisotopic (exact) mass is 296 g/mol. The van der Waals surface area contributed by atoms with Crippen molar-refractivity contribution in [3.63, 3.8) is 0 Å². The van der Waals surface area contributed by atoms with Gasteiger partial charge in [-0.05, 0) is 25.0 Å². The largest absolute Gasteiger partial charge is 0.348 e. The summed E-state index contributed by atoms with van der Waals surface area (Å²) in [5.74, 6) is 0.895. The molecular weight excluding hydrogens is 276 g/mol.